The second-order valence-corrected chi connectivity index (χ2v) is 5.85. The van der Waals surface area contributed by atoms with Gasteiger partial charge in [-0.05, 0) is 31.4 Å². The van der Waals surface area contributed by atoms with E-state index in [9.17, 15) is 9.59 Å². The molecule has 1 heterocycles. The van der Waals surface area contributed by atoms with Crippen LogP contribution in [-0.2, 0) is 9.59 Å². The topological polar surface area (TPSA) is 79.3 Å². The van der Waals surface area contributed by atoms with Gasteiger partial charge in [0.1, 0.15) is 6.04 Å². The molecule has 1 amide bonds. The molecule has 0 aliphatic heterocycles. The Morgan fingerprint density at radius 2 is 2.37 bits per heavy atom. The van der Waals surface area contributed by atoms with E-state index in [-0.39, 0.29) is 0 Å². The van der Waals surface area contributed by atoms with E-state index in [1.807, 2.05) is 18.6 Å². The van der Waals surface area contributed by atoms with Gasteiger partial charge >= 0.3 is 5.97 Å². The van der Waals surface area contributed by atoms with Crippen molar-refractivity contribution in [2.75, 3.05) is 12.0 Å². The van der Waals surface area contributed by atoms with Crippen molar-refractivity contribution in [3.8, 4) is 0 Å². The molecule has 1 aromatic heterocycles. The Morgan fingerprint density at radius 3 is 2.89 bits per heavy atom. The molecular formula is C12H16N2O3S2. The Hall–Kier alpha value is -1.34. The number of thiazole rings is 1. The molecule has 0 fully saturated rings. The van der Waals surface area contributed by atoms with Gasteiger partial charge in [0.05, 0.1) is 10.7 Å². The summed E-state index contributed by atoms with van der Waals surface area (Å²) in [6.07, 6.45) is 5.19. The lowest BCUT2D eigenvalue weighted by Crippen LogP contribution is -2.40. The van der Waals surface area contributed by atoms with Gasteiger partial charge in [0.25, 0.3) is 0 Å². The maximum Gasteiger partial charge on any atom is 0.326 e. The minimum Gasteiger partial charge on any atom is -0.480 e. The van der Waals surface area contributed by atoms with Gasteiger partial charge in [-0.15, -0.1) is 11.3 Å². The Bertz CT molecular complexity index is 471. The van der Waals surface area contributed by atoms with Gasteiger partial charge < -0.3 is 10.4 Å². The molecule has 1 aromatic rings. The summed E-state index contributed by atoms with van der Waals surface area (Å²) in [6, 6.07) is -0.846. The van der Waals surface area contributed by atoms with E-state index in [1.165, 1.54) is 17.4 Å². The van der Waals surface area contributed by atoms with E-state index in [2.05, 4.69) is 10.3 Å². The summed E-state index contributed by atoms with van der Waals surface area (Å²) in [5.74, 6) is -0.744. The maximum absolute atomic E-state index is 11.6. The standard InChI is InChI=1S/C12H16N2O3S2/c1-8-13-9(7-19-8)3-4-11(15)14-10(12(16)17)5-6-18-2/h3-4,7,10H,5-6H2,1-2H3,(H,14,15)(H,16,17)/b4-3+/t10-/m0/s1. The zero-order chi connectivity index (χ0) is 14.3. The lowest BCUT2D eigenvalue weighted by atomic mass is 10.2. The molecule has 1 atom stereocenters. The number of aromatic nitrogens is 1. The molecular weight excluding hydrogens is 284 g/mol. The molecule has 0 aromatic carbocycles. The third kappa shape index (κ3) is 5.89. The number of nitrogens with zero attached hydrogens (tertiary/aromatic N) is 1. The first-order valence-electron chi connectivity index (χ1n) is 5.65. The molecule has 0 saturated carbocycles. The van der Waals surface area contributed by atoms with Crippen molar-refractivity contribution in [1.29, 1.82) is 0 Å². The Kier molecular flexibility index (Phi) is 6.58. The number of carboxylic acids is 1. The number of thioether (sulfide) groups is 1. The number of aliphatic carboxylic acids is 1. The van der Waals surface area contributed by atoms with E-state index in [0.717, 1.165) is 5.01 Å². The fourth-order valence-corrected chi connectivity index (χ4v) is 2.38. The average Bonchev–Trinajstić information content (AvgIpc) is 2.77. The van der Waals surface area contributed by atoms with Gasteiger partial charge in [-0.3, -0.25) is 4.79 Å². The molecule has 2 N–H and O–H groups in total. The fraction of sp³-hybridized carbons (Fsp3) is 0.417. The van der Waals surface area contributed by atoms with Gasteiger partial charge in [0.15, 0.2) is 0 Å². The van der Waals surface area contributed by atoms with Gasteiger partial charge in [0, 0.05) is 11.5 Å². The van der Waals surface area contributed by atoms with Crippen molar-refractivity contribution in [3.05, 3.63) is 22.2 Å². The molecule has 0 spiro atoms. The molecule has 0 aliphatic carbocycles. The lowest BCUT2D eigenvalue weighted by molar-refractivity contribution is -0.141. The number of rotatable bonds is 7. The third-order valence-corrected chi connectivity index (χ3v) is 3.70. The van der Waals surface area contributed by atoms with Crippen LogP contribution in [0.4, 0.5) is 0 Å². The van der Waals surface area contributed by atoms with Crippen molar-refractivity contribution >= 4 is 41.1 Å². The van der Waals surface area contributed by atoms with E-state index < -0.39 is 17.9 Å². The summed E-state index contributed by atoms with van der Waals surface area (Å²) in [4.78, 5) is 26.7. The number of carbonyl (C=O) groups is 2. The van der Waals surface area contributed by atoms with Crippen molar-refractivity contribution < 1.29 is 14.7 Å². The minimum atomic E-state index is -1.01. The lowest BCUT2D eigenvalue weighted by Gasteiger charge is -2.12. The van der Waals surface area contributed by atoms with E-state index in [1.54, 1.807) is 17.8 Å². The number of nitrogens with one attached hydrogen (secondary N) is 1. The predicted molar refractivity (Wildman–Crippen MR) is 78.5 cm³/mol. The first-order valence-corrected chi connectivity index (χ1v) is 7.92. The van der Waals surface area contributed by atoms with Crippen molar-refractivity contribution in [1.82, 2.24) is 10.3 Å². The highest BCUT2D eigenvalue weighted by molar-refractivity contribution is 7.98. The van der Waals surface area contributed by atoms with Crippen molar-refractivity contribution in [2.24, 2.45) is 0 Å². The second-order valence-electron chi connectivity index (χ2n) is 3.81. The van der Waals surface area contributed by atoms with Crippen LogP contribution in [0.25, 0.3) is 6.08 Å². The molecule has 7 heteroatoms. The molecule has 0 radical (unpaired) electrons. The van der Waals surface area contributed by atoms with Gasteiger partial charge in [-0.2, -0.15) is 11.8 Å². The van der Waals surface area contributed by atoms with Crippen LogP contribution in [0.1, 0.15) is 17.1 Å². The number of hydrogen-bond acceptors (Lipinski definition) is 5. The summed E-state index contributed by atoms with van der Waals surface area (Å²) in [7, 11) is 0. The molecule has 5 nitrogen and oxygen atoms in total. The summed E-state index contributed by atoms with van der Waals surface area (Å²) < 4.78 is 0. The smallest absolute Gasteiger partial charge is 0.326 e. The van der Waals surface area contributed by atoms with E-state index >= 15 is 0 Å². The zero-order valence-corrected chi connectivity index (χ0v) is 12.4. The molecule has 19 heavy (non-hydrogen) atoms. The number of amides is 1. The van der Waals surface area contributed by atoms with Gasteiger partial charge in [0.2, 0.25) is 5.91 Å². The van der Waals surface area contributed by atoms with Crippen LogP contribution in [0.15, 0.2) is 11.5 Å². The molecule has 0 saturated heterocycles. The van der Waals surface area contributed by atoms with Crippen LogP contribution >= 0.6 is 23.1 Å². The molecule has 1 rings (SSSR count). The fourth-order valence-electron chi connectivity index (χ4n) is 1.33. The Labute approximate surface area is 120 Å². The molecule has 0 bridgehead atoms. The van der Waals surface area contributed by atoms with Crippen molar-refractivity contribution in [2.45, 2.75) is 19.4 Å². The highest BCUT2D eigenvalue weighted by atomic mass is 32.2. The SMILES string of the molecule is CSCC[C@H](NC(=O)/C=C/c1csc(C)n1)C(=O)O. The average molecular weight is 300 g/mol. The van der Waals surface area contributed by atoms with Crippen LogP contribution in [-0.4, -0.2) is 40.0 Å². The number of carboxylic acid groups (broad SMARTS) is 1. The molecule has 0 aliphatic rings. The highest BCUT2D eigenvalue weighted by Gasteiger charge is 2.17. The maximum atomic E-state index is 11.6. The number of carbonyl (C=O) groups excluding carboxylic acids is 1. The Balaban J connectivity index is 2.52. The van der Waals surface area contributed by atoms with Crippen LogP contribution in [0.2, 0.25) is 0 Å². The highest BCUT2D eigenvalue weighted by Crippen LogP contribution is 2.09. The van der Waals surface area contributed by atoms with Crippen LogP contribution < -0.4 is 5.32 Å². The molecule has 0 unspecified atom stereocenters. The summed E-state index contributed by atoms with van der Waals surface area (Å²) in [6.45, 7) is 1.88. The summed E-state index contributed by atoms with van der Waals surface area (Å²) >= 11 is 3.04. The normalized spacial score (nSPS) is 12.5. The van der Waals surface area contributed by atoms with E-state index in [4.69, 9.17) is 5.11 Å². The van der Waals surface area contributed by atoms with E-state index in [0.29, 0.717) is 17.9 Å². The second kappa shape index (κ2) is 7.96. The molecule has 104 valence electrons. The predicted octanol–water partition coefficient (Wildman–Crippen LogP) is 1.79. The minimum absolute atomic E-state index is 0.409. The van der Waals surface area contributed by atoms with Crippen LogP contribution in [0.3, 0.4) is 0 Å². The monoisotopic (exact) mass is 300 g/mol. The van der Waals surface area contributed by atoms with Gasteiger partial charge in [-0.25, -0.2) is 9.78 Å². The van der Waals surface area contributed by atoms with Crippen molar-refractivity contribution in [3.63, 3.8) is 0 Å². The van der Waals surface area contributed by atoms with Crippen LogP contribution in [0.5, 0.6) is 0 Å². The number of aryl methyl sites for hydroxylation is 1. The zero-order valence-electron chi connectivity index (χ0n) is 10.8. The summed E-state index contributed by atoms with van der Waals surface area (Å²) in [5.41, 5.74) is 0.702. The third-order valence-electron chi connectivity index (χ3n) is 2.27. The van der Waals surface area contributed by atoms with Gasteiger partial charge in [-0.1, -0.05) is 0 Å². The largest absolute Gasteiger partial charge is 0.480 e. The summed E-state index contributed by atoms with van der Waals surface area (Å²) in [5, 5.41) is 14.2. The number of hydrogen-bond donors (Lipinski definition) is 2. The Morgan fingerprint density at radius 1 is 1.63 bits per heavy atom. The first kappa shape index (κ1) is 15.7. The van der Waals surface area contributed by atoms with Crippen LogP contribution in [0, 0.1) is 6.92 Å². The first-order chi connectivity index (χ1) is 9.02. The quantitative estimate of drug-likeness (QED) is 0.751.